The molecular formula is C15H24N2O. The average molecular weight is 248 g/mol. The largest absolute Gasteiger partial charge is 0.383 e. The molecule has 1 saturated heterocycles. The fourth-order valence-corrected chi connectivity index (χ4v) is 2.75. The van der Waals surface area contributed by atoms with Gasteiger partial charge in [0, 0.05) is 7.11 Å². The van der Waals surface area contributed by atoms with Crippen LogP contribution in [0.4, 0.5) is 0 Å². The SMILES string of the molecule is COCC(c1ccccc1)N1CCC(CN)CC1. The van der Waals surface area contributed by atoms with Crippen molar-refractivity contribution in [3.63, 3.8) is 0 Å². The first-order chi connectivity index (χ1) is 8.85. The Kier molecular flexibility index (Phi) is 5.17. The van der Waals surface area contributed by atoms with Gasteiger partial charge in [0.15, 0.2) is 0 Å². The van der Waals surface area contributed by atoms with Gasteiger partial charge in [0.05, 0.1) is 12.6 Å². The Labute approximate surface area is 110 Å². The molecule has 1 fully saturated rings. The van der Waals surface area contributed by atoms with Gasteiger partial charge in [0.2, 0.25) is 0 Å². The highest BCUT2D eigenvalue weighted by Gasteiger charge is 2.25. The smallest absolute Gasteiger partial charge is 0.0659 e. The van der Waals surface area contributed by atoms with Crippen LogP contribution < -0.4 is 5.73 Å². The first kappa shape index (κ1) is 13.5. The highest BCUT2D eigenvalue weighted by molar-refractivity contribution is 5.19. The van der Waals surface area contributed by atoms with E-state index in [1.165, 1.54) is 18.4 Å². The van der Waals surface area contributed by atoms with E-state index < -0.39 is 0 Å². The van der Waals surface area contributed by atoms with Gasteiger partial charge < -0.3 is 10.5 Å². The van der Waals surface area contributed by atoms with Gasteiger partial charge in [-0.2, -0.15) is 0 Å². The van der Waals surface area contributed by atoms with E-state index in [0.717, 1.165) is 26.2 Å². The third kappa shape index (κ3) is 3.31. The topological polar surface area (TPSA) is 38.5 Å². The molecule has 0 saturated carbocycles. The number of nitrogens with two attached hydrogens (primary N) is 1. The fraction of sp³-hybridized carbons (Fsp3) is 0.600. The minimum atomic E-state index is 0.384. The molecule has 0 spiro atoms. The van der Waals surface area contributed by atoms with E-state index in [4.69, 9.17) is 10.5 Å². The van der Waals surface area contributed by atoms with Crippen LogP contribution in [0, 0.1) is 5.92 Å². The van der Waals surface area contributed by atoms with Crippen LogP contribution in [0.1, 0.15) is 24.4 Å². The summed E-state index contributed by atoms with van der Waals surface area (Å²) in [6.07, 6.45) is 2.42. The van der Waals surface area contributed by atoms with Crippen LogP contribution in [0.5, 0.6) is 0 Å². The summed E-state index contributed by atoms with van der Waals surface area (Å²) in [5, 5.41) is 0. The van der Waals surface area contributed by atoms with Crippen LogP contribution in [-0.2, 0) is 4.74 Å². The predicted molar refractivity (Wildman–Crippen MR) is 74.4 cm³/mol. The van der Waals surface area contributed by atoms with Crippen molar-refractivity contribution in [1.82, 2.24) is 4.90 Å². The summed E-state index contributed by atoms with van der Waals surface area (Å²) in [4.78, 5) is 2.53. The van der Waals surface area contributed by atoms with Crippen LogP contribution >= 0.6 is 0 Å². The van der Waals surface area contributed by atoms with Crippen LogP contribution in [0.25, 0.3) is 0 Å². The number of nitrogens with zero attached hydrogens (tertiary/aromatic N) is 1. The lowest BCUT2D eigenvalue weighted by Gasteiger charge is -2.37. The first-order valence-electron chi connectivity index (χ1n) is 6.83. The molecular weight excluding hydrogens is 224 g/mol. The fourth-order valence-electron chi connectivity index (χ4n) is 2.75. The second-order valence-corrected chi connectivity index (χ2v) is 5.10. The molecule has 3 nitrogen and oxygen atoms in total. The van der Waals surface area contributed by atoms with E-state index >= 15 is 0 Å². The number of piperidine rings is 1. The number of rotatable bonds is 5. The van der Waals surface area contributed by atoms with Gasteiger partial charge in [-0.25, -0.2) is 0 Å². The Hall–Kier alpha value is -0.900. The van der Waals surface area contributed by atoms with Crippen molar-refractivity contribution in [2.75, 3.05) is 33.4 Å². The van der Waals surface area contributed by atoms with Crippen molar-refractivity contribution in [3.8, 4) is 0 Å². The van der Waals surface area contributed by atoms with Gasteiger partial charge >= 0.3 is 0 Å². The summed E-state index contributed by atoms with van der Waals surface area (Å²) in [5.41, 5.74) is 7.10. The van der Waals surface area contributed by atoms with Crippen molar-refractivity contribution in [2.45, 2.75) is 18.9 Å². The molecule has 1 aromatic rings. The molecule has 1 heterocycles. The molecule has 2 rings (SSSR count). The molecule has 0 radical (unpaired) electrons. The maximum absolute atomic E-state index is 5.75. The molecule has 1 aliphatic rings. The highest BCUT2D eigenvalue weighted by atomic mass is 16.5. The van der Waals surface area contributed by atoms with Gasteiger partial charge in [0.1, 0.15) is 0 Å². The molecule has 0 aromatic heterocycles. The van der Waals surface area contributed by atoms with E-state index in [2.05, 4.69) is 35.2 Å². The standard InChI is InChI=1S/C15H24N2O/c1-18-12-15(14-5-3-2-4-6-14)17-9-7-13(11-16)8-10-17/h2-6,13,15H,7-12,16H2,1H3. The number of likely N-dealkylation sites (tertiary alicyclic amines) is 1. The molecule has 100 valence electrons. The summed E-state index contributed by atoms with van der Waals surface area (Å²) in [6, 6.07) is 11.0. The lowest BCUT2D eigenvalue weighted by Crippen LogP contribution is -2.40. The second kappa shape index (κ2) is 6.88. The Morgan fingerprint density at radius 1 is 1.28 bits per heavy atom. The Morgan fingerprint density at radius 3 is 2.50 bits per heavy atom. The molecule has 1 aromatic carbocycles. The third-order valence-corrected chi connectivity index (χ3v) is 3.93. The third-order valence-electron chi connectivity index (χ3n) is 3.93. The molecule has 1 unspecified atom stereocenters. The summed E-state index contributed by atoms with van der Waals surface area (Å²) in [7, 11) is 1.78. The Balaban J connectivity index is 2.02. The van der Waals surface area contributed by atoms with Gasteiger partial charge in [-0.05, 0) is 44.0 Å². The number of hydrogen-bond donors (Lipinski definition) is 1. The van der Waals surface area contributed by atoms with Crippen molar-refractivity contribution >= 4 is 0 Å². The normalized spacial score (nSPS) is 19.9. The first-order valence-corrected chi connectivity index (χ1v) is 6.83. The molecule has 2 N–H and O–H groups in total. The van der Waals surface area contributed by atoms with E-state index in [0.29, 0.717) is 12.0 Å². The van der Waals surface area contributed by atoms with Crippen LogP contribution in [-0.4, -0.2) is 38.3 Å². The number of methoxy groups -OCH3 is 1. The number of ether oxygens (including phenoxy) is 1. The zero-order chi connectivity index (χ0) is 12.8. The van der Waals surface area contributed by atoms with E-state index in [-0.39, 0.29) is 0 Å². The summed E-state index contributed by atoms with van der Waals surface area (Å²) >= 11 is 0. The molecule has 0 aliphatic carbocycles. The lowest BCUT2D eigenvalue weighted by atomic mass is 9.94. The quantitative estimate of drug-likeness (QED) is 0.866. The lowest BCUT2D eigenvalue weighted by molar-refractivity contribution is 0.0653. The Bertz CT molecular complexity index is 334. The van der Waals surface area contributed by atoms with Gasteiger partial charge in [-0.3, -0.25) is 4.90 Å². The number of benzene rings is 1. The Morgan fingerprint density at radius 2 is 1.94 bits per heavy atom. The minimum absolute atomic E-state index is 0.384. The molecule has 1 aliphatic heterocycles. The minimum Gasteiger partial charge on any atom is -0.383 e. The van der Waals surface area contributed by atoms with Gasteiger partial charge in [0.25, 0.3) is 0 Å². The number of hydrogen-bond acceptors (Lipinski definition) is 3. The van der Waals surface area contributed by atoms with Gasteiger partial charge in [-0.1, -0.05) is 30.3 Å². The molecule has 0 bridgehead atoms. The van der Waals surface area contributed by atoms with E-state index in [1.54, 1.807) is 7.11 Å². The molecule has 3 heteroatoms. The average Bonchev–Trinajstić information content (AvgIpc) is 2.46. The zero-order valence-electron chi connectivity index (χ0n) is 11.2. The van der Waals surface area contributed by atoms with Crippen LogP contribution in [0.3, 0.4) is 0 Å². The van der Waals surface area contributed by atoms with Crippen molar-refractivity contribution < 1.29 is 4.74 Å². The van der Waals surface area contributed by atoms with E-state index in [9.17, 15) is 0 Å². The maximum Gasteiger partial charge on any atom is 0.0659 e. The van der Waals surface area contributed by atoms with Crippen molar-refractivity contribution in [3.05, 3.63) is 35.9 Å². The van der Waals surface area contributed by atoms with Crippen LogP contribution in [0.2, 0.25) is 0 Å². The van der Waals surface area contributed by atoms with Crippen LogP contribution in [0.15, 0.2) is 30.3 Å². The summed E-state index contributed by atoms with van der Waals surface area (Å²) in [6.45, 7) is 3.85. The summed E-state index contributed by atoms with van der Waals surface area (Å²) in [5.74, 6) is 0.709. The zero-order valence-corrected chi connectivity index (χ0v) is 11.2. The summed E-state index contributed by atoms with van der Waals surface area (Å²) < 4.78 is 5.40. The van der Waals surface area contributed by atoms with Gasteiger partial charge in [-0.15, -0.1) is 0 Å². The van der Waals surface area contributed by atoms with E-state index in [1.807, 2.05) is 0 Å². The highest BCUT2D eigenvalue weighted by Crippen LogP contribution is 2.26. The van der Waals surface area contributed by atoms with Crippen molar-refractivity contribution in [2.24, 2.45) is 11.7 Å². The second-order valence-electron chi connectivity index (χ2n) is 5.10. The molecule has 0 amide bonds. The molecule has 18 heavy (non-hydrogen) atoms. The van der Waals surface area contributed by atoms with Crippen molar-refractivity contribution in [1.29, 1.82) is 0 Å². The predicted octanol–water partition coefficient (Wildman–Crippen LogP) is 2.04. The monoisotopic (exact) mass is 248 g/mol. The maximum atomic E-state index is 5.75. The molecule has 1 atom stereocenters.